The fourth-order valence-corrected chi connectivity index (χ4v) is 1.82. The highest BCUT2D eigenvalue weighted by Crippen LogP contribution is 2.16. The number of rotatable bonds is 4. The predicted octanol–water partition coefficient (Wildman–Crippen LogP) is 2.74. The third-order valence-corrected chi connectivity index (χ3v) is 2.89. The number of nitrogens with one attached hydrogen (secondary N) is 1. The lowest BCUT2D eigenvalue weighted by Crippen LogP contribution is -2.15. The number of carbonyl (C=O) groups is 1. The minimum atomic E-state index is -1.03. The molecule has 0 spiro atoms. The quantitative estimate of drug-likeness (QED) is 0.911. The number of hydrogen-bond acceptors (Lipinski definition) is 2. The summed E-state index contributed by atoms with van der Waals surface area (Å²) in [4.78, 5) is 11.8. The number of halogens is 3. The molecular weight excluding hydrogens is 281 g/mol. The number of anilines is 1. The molecule has 6 heteroatoms. The van der Waals surface area contributed by atoms with Gasteiger partial charge >= 0.3 is 0 Å². The van der Waals surface area contributed by atoms with Crippen molar-refractivity contribution in [1.29, 1.82) is 0 Å². The van der Waals surface area contributed by atoms with Crippen LogP contribution in [0.1, 0.15) is 11.1 Å². The largest absolute Gasteiger partial charge is 0.326 e. The molecule has 0 saturated carbocycles. The zero-order chi connectivity index (χ0) is 15.4. The van der Waals surface area contributed by atoms with Crippen molar-refractivity contribution in [2.75, 3.05) is 5.32 Å². The van der Waals surface area contributed by atoms with E-state index in [1.54, 1.807) is 6.07 Å². The van der Waals surface area contributed by atoms with E-state index in [9.17, 15) is 18.0 Å². The van der Waals surface area contributed by atoms with E-state index < -0.39 is 23.4 Å². The number of nitrogens with two attached hydrogens (primary N) is 1. The van der Waals surface area contributed by atoms with Crippen molar-refractivity contribution in [3.05, 3.63) is 65.0 Å². The van der Waals surface area contributed by atoms with Crippen LogP contribution in [0.25, 0.3) is 0 Å². The first-order chi connectivity index (χ1) is 9.99. The van der Waals surface area contributed by atoms with Gasteiger partial charge in [-0.05, 0) is 35.4 Å². The molecule has 2 aromatic rings. The van der Waals surface area contributed by atoms with Gasteiger partial charge in [0.1, 0.15) is 5.82 Å². The van der Waals surface area contributed by atoms with Crippen LogP contribution in [0.4, 0.5) is 18.9 Å². The highest BCUT2D eigenvalue weighted by molar-refractivity contribution is 5.92. The van der Waals surface area contributed by atoms with E-state index in [2.05, 4.69) is 5.32 Å². The van der Waals surface area contributed by atoms with Crippen molar-refractivity contribution in [3.63, 3.8) is 0 Å². The van der Waals surface area contributed by atoms with Crippen LogP contribution in [0.15, 0.2) is 36.4 Å². The van der Waals surface area contributed by atoms with Crippen molar-refractivity contribution in [3.8, 4) is 0 Å². The number of carbonyl (C=O) groups excluding carboxylic acids is 1. The third kappa shape index (κ3) is 3.82. The molecule has 3 nitrogen and oxygen atoms in total. The van der Waals surface area contributed by atoms with E-state index in [-0.39, 0.29) is 18.7 Å². The summed E-state index contributed by atoms with van der Waals surface area (Å²) in [6, 6.07) is 7.40. The zero-order valence-electron chi connectivity index (χ0n) is 11.0. The lowest BCUT2D eigenvalue weighted by Gasteiger charge is -2.08. The van der Waals surface area contributed by atoms with Crippen LogP contribution in [-0.4, -0.2) is 5.91 Å². The lowest BCUT2D eigenvalue weighted by atomic mass is 10.1. The summed E-state index contributed by atoms with van der Waals surface area (Å²) in [7, 11) is 0. The molecule has 2 rings (SSSR count). The number of hydrogen-bond donors (Lipinski definition) is 2. The first-order valence-electron chi connectivity index (χ1n) is 6.22. The highest BCUT2D eigenvalue weighted by Gasteiger charge is 2.10. The number of benzene rings is 2. The summed E-state index contributed by atoms with van der Waals surface area (Å²) in [5.74, 6) is -3.14. The Bertz CT molecular complexity index is 674. The second-order valence-corrected chi connectivity index (χ2v) is 4.49. The minimum Gasteiger partial charge on any atom is -0.326 e. The smallest absolute Gasteiger partial charge is 0.228 e. The van der Waals surface area contributed by atoms with Crippen LogP contribution in [0.2, 0.25) is 0 Å². The Morgan fingerprint density at radius 1 is 0.952 bits per heavy atom. The topological polar surface area (TPSA) is 55.1 Å². The van der Waals surface area contributed by atoms with Crippen LogP contribution < -0.4 is 11.1 Å². The predicted molar refractivity (Wildman–Crippen MR) is 73.0 cm³/mol. The van der Waals surface area contributed by atoms with Crippen molar-refractivity contribution < 1.29 is 18.0 Å². The Hall–Kier alpha value is -2.34. The molecule has 1 amide bonds. The Balaban J connectivity index is 2.06. The molecule has 0 bridgehead atoms. The Morgan fingerprint density at radius 3 is 2.24 bits per heavy atom. The summed E-state index contributed by atoms with van der Waals surface area (Å²) in [6.07, 6.45) is -0.185. The Morgan fingerprint density at radius 2 is 1.62 bits per heavy atom. The zero-order valence-corrected chi connectivity index (χ0v) is 11.0. The van der Waals surface area contributed by atoms with Crippen LogP contribution in [0, 0.1) is 17.5 Å². The fourth-order valence-electron chi connectivity index (χ4n) is 1.82. The highest BCUT2D eigenvalue weighted by atomic mass is 19.2. The van der Waals surface area contributed by atoms with Crippen LogP contribution in [-0.2, 0) is 17.8 Å². The van der Waals surface area contributed by atoms with Gasteiger partial charge in [-0.2, -0.15) is 0 Å². The van der Waals surface area contributed by atoms with Crippen LogP contribution in [0.5, 0.6) is 0 Å². The summed E-state index contributed by atoms with van der Waals surface area (Å²) in [5, 5.41) is 2.37. The Labute approximate surface area is 119 Å². The maximum Gasteiger partial charge on any atom is 0.228 e. The van der Waals surface area contributed by atoms with E-state index in [0.717, 1.165) is 12.1 Å². The van der Waals surface area contributed by atoms with Crippen LogP contribution >= 0.6 is 0 Å². The molecule has 21 heavy (non-hydrogen) atoms. The maximum atomic E-state index is 13.7. The second kappa shape index (κ2) is 6.41. The normalized spacial score (nSPS) is 10.5. The van der Waals surface area contributed by atoms with Gasteiger partial charge in [0.15, 0.2) is 11.6 Å². The van der Waals surface area contributed by atoms with Gasteiger partial charge in [0.2, 0.25) is 5.91 Å². The minimum absolute atomic E-state index is 0.0137. The SMILES string of the molecule is NCc1ccc(NC(=O)Cc2ccc(F)c(F)c2)c(F)c1. The van der Waals surface area contributed by atoms with Crippen molar-refractivity contribution in [2.45, 2.75) is 13.0 Å². The lowest BCUT2D eigenvalue weighted by molar-refractivity contribution is -0.115. The molecule has 0 radical (unpaired) electrons. The van der Waals surface area contributed by atoms with Crippen molar-refractivity contribution >= 4 is 11.6 Å². The molecular formula is C15H13F3N2O. The molecule has 0 saturated heterocycles. The molecule has 0 unspecified atom stereocenters. The molecule has 0 fully saturated rings. The molecule has 0 aromatic heterocycles. The van der Waals surface area contributed by atoms with Gasteiger partial charge in [-0.25, -0.2) is 13.2 Å². The molecule has 110 valence electrons. The molecule has 3 N–H and O–H groups in total. The standard InChI is InChI=1S/C15H13F3N2O/c16-11-3-1-9(5-12(11)17)7-15(21)20-14-4-2-10(8-19)6-13(14)18/h1-6H,7-8,19H2,(H,20,21). The molecule has 2 aromatic carbocycles. The summed E-state index contributed by atoms with van der Waals surface area (Å²) >= 11 is 0. The first kappa shape index (κ1) is 15.1. The molecule has 0 aliphatic heterocycles. The average Bonchev–Trinajstić information content (AvgIpc) is 2.45. The summed E-state index contributed by atoms with van der Waals surface area (Å²) in [5.41, 5.74) is 6.29. The first-order valence-corrected chi connectivity index (χ1v) is 6.22. The molecule has 0 aliphatic rings. The van der Waals surface area contributed by atoms with E-state index in [0.29, 0.717) is 11.1 Å². The van der Waals surface area contributed by atoms with Crippen LogP contribution in [0.3, 0.4) is 0 Å². The monoisotopic (exact) mass is 294 g/mol. The van der Waals surface area contributed by atoms with Gasteiger partial charge in [0, 0.05) is 6.54 Å². The van der Waals surface area contributed by atoms with E-state index in [1.807, 2.05) is 0 Å². The van der Waals surface area contributed by atoms with Gasteiger partial charge < -0.3 is 11.1 Å². The van der Waals surface area contributed by atoms with Gasteiger partial charge in [-0.15, -0.1) is 0 Å². The van der Waals surface area contributed by atoms with Crippen molar-refractivity contribution in [1.82, 2.24) is 0 Å². The van der Waals surface area contributed by atoms with E-state index in [4.69, 9.17) is 5.73 Å². The summed E-state index contributed by atoms with van der Waals surface area (Å²) < 4.78 is 39.5. The van der Waals surface area contributed by atoms with Gasteiger partial charge in [-0.1, -0.05) is 12.1 Å². The molecule has 0 heterocycles. The fraction of sp³-hybridized carbons (Fsp3) is 0.133. The molecule has 0 atom stereocenters. The average molecular weight is 294 g/mol. The Kier molecular flexibility index (Phi) is 4.59. The van der Waals surface area contributed by atoms with E-state index in [1.165, 1.54) is 18.2 Å². The van der Waals surface area contributed by atoms with Gasteiger partial charge in [0.25, 0.3) is 0 Å². The molecule has 0 aliphatic carbocycles. The van der Waals surface area contributed by atoms with Gasteiger partial charge in [-0.3, -0.25) is 4.79 Å². The third-order valence-electron chi connectivity index (χ3n) is 2.89. The van der Waals surface area contributed by atoms with E-state index >= 15 is 0 Å². The number of amides is 1. The second-order valence-electron chi connectivity index (χ2n) is 4.49. The maximum absolute atomic E-state index is 13.7. The summed E-state index contributed by atoms with van der Waals surface area (Å²) in [6.45, 7) is 0.194. The van der Waals surface area contributed by atoms with Crippen molar-refractivity contribution in [2.24, 2.45) is 5.73 Å². The van der Waals surface area contributed by atoms with Gasteiger partial charge in [0.05, 0.1) is 12.1 Å².